The van der Waals surface area contributed by atoms with Crippen molar-refractivity contribution in [3.63, 3.8) is 0 Å². The second-order valence-corrected chi connectivity index (χ2v) is 3.24. The van der Waals surface area contributed by atoms with Crippen LogP contribution in [-0.4, -0.2) is 17.4 Å². The molecule has 0 radical (unpaired) electrons. The Bertz CT molecular complexity index is 488. The number of rotatable bonds is 2. The van der Waals surface area contributed by atoms with Gasteiger partial charge in [-0.15, -0.1) is 0 Å². The lowest BCUT2D eigenvalue weighted by Gasteiger charge is -2.05. The number of carbonyl (C=O) groups is 1. The van der Waals surface area contributed by atoms with Gasteiger partial charge in [0.1, 0.15) is 0 Å². The van der Waals surface area contributed by atoms with Crippen LogP contribution in [0.2, 0.25) is 0 Å². The molecule has 0 unspecified atom stereocenters. The van der Waals surface area contributed by atoms with Gasteiger partial charge in [0.05, 0.1) is 11.1 Å². The Kier molecular flexibility index (Phi) is 2.63. The topological polar surface area (TPSA) is 42.0 Å². The molecule has 1 aromatic heterocycles. The number of nitrogens with zero attached hydrogens (tertiary/aromatic N) is 1. The fraction of sp³-hybridized carbons (Fsp3) is 0.167. The van der Waals surface area contributed by atoms with E-state index in [9.17, 15) is 4.79 Å². The highest BCUT2D eigenvalue weighted by atomic mass is 16.1. The first-order valence-electron chi connectivity index (χ1n) is 4.95. The van der Waals surface area contributed by atoms with Crippen LogP contribution in [0.4, 0.5) is 0 Å². The maximum absolute atomic E-state index is 11.7. The Morgan fingerprint density at radius 3 is 2.93 bits per heavy atom. The SMILES string of the molecule is CCNC(=O)c1ccnc2ccccc12. The number of para-hydroxylation sites is 1. The maximum atomic E-state index is 11.7. The van der Waals surface area contributed by atoms with Crippen molar-refractivity contribution in [3.8, 4) is 0 Å². The highest BCUT2D eigenvalue weighted by molar-refractivity contribution is 6.05. The number of aromatic nitrogens is 1. The summed E-state index contributed by atoms with van der Waals surface area (Å²) in [6, 6.07) is 9.38. The van der Waals surface area contributed by atoms with E-state index < -0.39 is 0 Å². The molecule has 2 rings (SSSR count). The van der Waals surface area contributed by atoms with Crippen LogP contribution in [0.1, 0.15) is 17.3 Å². The van der Waals surface area contributed by atoms with Crippen LogP contribution in [0.15, 0.2) is 36.5 Å². The van der Waals surface area contributed by atoms with Gasteiger partial charge in [0.25, 0.3) is 5.91 Å². The molecule has 0 aliphatic heterocycles. The number of fused-ring (bicyclic) bond motifs is 1. The van der Waals surface area contributed by atoms with Crippen LogP contribution < -0.4 is 5.32 Å². The van der Waals surface area contributed by atoms with Crippen molar-refractivity contribution in [3.05, 3.63) is 42.1 Å². The van der Waals surface area contributed by atoms with Gasteiger partial charge in [-0.25, -0.2) is 0 Å². The zero-order chi connectivity index (χ0) is 10.7. The molecule has 0 bridgehead atoms. The van der Waals surface area contributed by atoms with Gasteiger partial charge in [0, 0.05) is 18.1 Å². The standard InChI is InChI=1S/C12H12N2O/c1-2-13-12(15)10-7-8-14-11-6-4-3-5-9(10)11/h3-8H,2H2,1H3,(H,13,15). The quantitative estimate of drug-likeness (QED) is 0.805. The van der Waals surface area contributed by atoms with E-state index in [-0.39, 0.29) is 5.91 Å². The molecule has 2 aromatic rings. The fourth-order valence-electron chi connectivity index (χ4n) is 1.55. The minimum absolute atomic E-state index is 0.0453. The molecule has 1 N–H and O–H groups in total. The average Bonchev–Trinajstić information content (AvgIpc) is 2.28. The lowest BCUT2D eigenvalue weighted by Crippen LogP contribution is -2.22. The largest absolute Gasteiger partial charge is 0.352 e. The molecule has 76 valence electrons. The monoisotopic (exact) mass is 200 g/mol. The molecule has 0 aliphatic rings. The van der Waals surface area contributed by atoms with E-state index in [0.717, 1.165) is 10.9 Å². The van der Waals surface area contributed by atoms with Crippen LogP contribution >= 0.6 is 0 Å². The van der Waals surface area contributed by atoms with E-state index in [1.807, 2.05) is 31.2 Å². The highest BCUT2D eigenvalue weighted by Gasteiger charge is 2.08. The number of pyridine rings is 1. The molecule has 1 aromatic carbocycles. The zero-order valence-electron chi connectivity index (χ0n) is 8.53. The Morgan fingerprint density at radius 2 is 2.13 bits per heavy atom. The molecule has 0 atom stereocenters. The van der Waals surface area contributed by atoms with E-state index in [2.05, 4.69) is 10.3 Å². The van der Waals surface area contributed by atoms with Gasteiger partial charge in [-0.05, 0) is 19.1 Å². The summed E-state index contributed by atoms with van der Waals surface area (Å²) in [6.45, 7) is 2.54. The van der Waals surface area contributed by atoms with Gasteiger partial charge >= 0.3 is 0 Å². The van der Waals surface area contributed by atoms with Crippen molar-refractivity contribution >= 4 is 16.8 Å². The molecule has 0 fully saturated rings. The minimum atomic E-state index is -0.0453. The Morgan fingerprint density at radius 1 is 1.33 bits per heavy atom. The summed E-state index contributed by atoms with van der Waals surface area (Å²) < 4.78 is 0. The van der Waals surface area contributed by atoms with Gasteiger partial charge in [-0.3, -0.25) is 9.78 Å². The van der Waals surface area contributed by atoms with Crippen LogP contribution in [0.25, 0.3) is 10.9 Å². The zero-order valence-corrected chi connectivity index (χ0v) is 8.53. The van der Waals surface area contributed by atoms with E-state index in [1.165, 1.54) is 0 Å². The summed E-state index contributed by atoms with van der Waals surface area (Å²) in [5.41, 5.74) is 1.53. The lowest BCUT2D eigenvalue weighted by atomic mass is 10.1. The molecule has 0 saturated carbocycles. The molecular weight excluding hydrogens is 188 g/mol. The first-order valence-corrected chi connectivity index (χ1v) is 4.95. The number of nitrogens with one attached hydrogen (secondary N) is 1. The van der Waals surface area contributed by atoms with Gasteiger partial charge in [-0.1, -0.05) is 18.2 Å². The van der Waals surface area contributed by atoms with Crippen molar-refractivity contribution in [1.82, 2.24) is 10.3 Å². The van der Waals surface area contributed by atoms with Crippen LogP contribution in [0, 0.1) is 0 Å². The Labute approximate surface area is 88.1 Å². The number of benzene rings is 1. The number of amides is 1. The number of hydrogen-bond donors (Lipinski definition) is 1. The van der Waals surface area contributed by atoms with Crippen molar-refractivity contribution < 1.29 is 4.79 Å². The molecule has 0 aliphatic carbocycles. The smallest absolute Gasteiger partial charge is 0.252 e. The first-order chi connectivity index (χ1) is 7.33. The summed E-state index contributed by atoms with van der Waals surface area (Å²) in [7, 11) is 0. The van der Waals surface area contributed by atoms with Gasteiger partial charge < -0.3 is 5.32 Å². The second-order valence-electron chi connectivity index (χ2n) is 3.24. The van der Waals surface area contributed by atoms with E-state index in [1.54, 1.807) is 12.3 Å². The van der Waals surface area contributed by atoms with E-state index in [4.69, 9.17) is 0 Å². The number of hydrogen-bond acceptors (Lipinski definition) is 2. The van der Waals surface area contributed by atoms with Gasteiger partial charge in [0.15, 0.2) is 0 Å². The summed E-state index contributed by atoms with van der Waals surface area (Å²) in [4.78, 5) is 15.9. The van der Waals surface area contributed by atoms with Gasteiger partial charge in [0.2, 0.25) is 0 Å². The molecule has 0 spiro atoms. The third kappa shape index (κ3) is 1.81. The first kappa shape index (κ1) is 9.65. The molecule has 1 heterocycles. The Hall–Kier alpha value is -1.90. The molecule has 3 heteroatoms. The van der Waals surface area contributed by atoms with Crippen LogP contribution in [0.5, 0.6) is 0 Å². The van der Waals surface area contributed by atoms with Crippen molar-refractivity contribution in [1.29, 1.82) is 0 Å². The summed E-state index contributed by atoms with van der Waals surface area (Å²) in [5, 5.41) is 3.68. The van der Waals surface area contributed by atoms with Crippen LogP contribution in [-0.2, 0) is 0 Å². The molecule has 15 heavy (non-hydrogen) atoms. The molecular formula is C12H12N2O. The molecule has 3 nitrogen and oxygen atoms in total. The Balaban J connectivity index is 2.56. The third-order valence-electron chi connectivity index (χ3n) is 2.23. The summed E-state index contributed by atoms with van der Waals surface area (Å²) in [6.07, 6.45) is 1.66. The normalized spacial score (nSPS) is 10.2. The molecule has 1 amide bonds. The third-order valence-corrected chi connectivity index (χ3v) is 2.23. The lowest BCUT2D eigenvalue weighted by molar-refractivity contribution is 0.0957. The van der Waals surface area contributed by atoms with E-state index >= 15 is 0 Å². The molecule has 0 saturated heterocycles. The van der Waals surface area contributed by atoms with Crippen LogP contribution in [0.3, 0.4) is 0 Å². The maximum Gasteiger partial charge on any atom is 0.252 e. The summed E-state index contributed by atoms with van der Waals surface area (Å²) in [5.74, 6) is -0.0453. The highest BCUT2D eigenvalue weighted by Crippen LogP contribution is 2.15. The number of carbonyl (C=O) groups excluding carboxylic acids is 1. The van der Waals surface area contributed by atoms with Crippen molar-refractivity contribution in [2.75, 3.05) is 6.54 Å². The van der Waals surface area contributed by atoms with Crippen molar-refractivity contribution in [2.24, 2.45) is 0 Å². The van der Waals surface area contributed by atoms with Crippen molar-refractivity contribution in [2.45, 2.75) is 6.92 Å². The predicted octanol–water partition coefficient (Wildman–Crippen LogP) is 1.98. The predicted molar refractivity (Wildman–Crippen MR) is 59.8 cm³/mol. The van der Waals surface area contributed by atoms with E-state index in [0.29, 0.717) is 12.1 Å². The fourth-order valence-corrected chi connectivity index (χ4v) is 1.55. The second kappa shape index (κ2) is 4.09. The summed E-state index contributed by atoms with van der Waals surface area (Å²) >= 11 is 0. The van der Waals surface area contributed by atoms with Gasteiger partial charge in [-0.2, -0.15) is 0 Å². The minimum Gasteiger partial charge on any atom is -0.352 e. The average molecular weight is 200 g/mol.